The highest BCUT2D eigenvalue weighted by Crippen LogP contribution is 2.63. The van der Waals surface area contributed by atoms with Gasteiger partial charge in [0, 0.05) is 42.1 Å². The molecule has 17 nitrogen and oxygen atoms in total. The molecule has 4 aliphatic rings. The molecule has 400 valence electrons. The molecule has 8 rings (SSSR count). The van der Waals surface area contributed by atoms with Gasteiger partial charge < -0.3 is 43.8 Å². The van der Waals surface area contributed by atoms with Gasteiger partial charge >= 0.3 is 35.8 Å². The third-order valence-electron chi connectivity index (χ3n) is 13.8. The molecule has 4 atom stereocenters. The lowest BCUT2D eigenvalue weighted by molar-refractivity contribution is -0.177. The van der Waals surface area contributed by atoms with Gasteiger partial charge in [-0.1, -0.05) is 36.9 Å². The van der Waals surface area contributed by atoms with Crippen LogP contribution in [0.2, 0.25) is 0 Å². The lowest BCUT2D eigenvalue weighted by Crippen LogP contribution is -2.58. The summed E-state index contributed by atoms with van der Waals surface area (Å²) in [6.45, 7) is 15.3. The fourth-order valence-corrected chi connectivity index (χ4v) is 10.6. The molecule has 4 bridgehead atoms. The van der Waals surface area contributed by atoms with Crippen molar-refractivity contribution in [1.82, 2.24) is 5.32 Å². The van der Waals surface area contributed by atoms with E-state index in [-0.39, 0.29) is 100 Å². The summed E-state index contributed by atoms with van der Waals surface area (Å²) in [5, 5.41) is 5.28. The Morgan fingerprint density at radius 2 is 1.14 bits per heavy atom. The highest BCUT2D eigenvalue weighted by molar-refractivity contribution is 6.11. The number of hydrogen-bond acceptors (Lipinski definition) is 15. The first-order valence-electron chi connectivity index (χ1n) is 25.3. The molecular weight excluding hydrogens is 977 g/mol. The summed E-state index contributed by atoms with van der Waals surface area (Å²) in [6, 6.07) is 21.6. The Hall–Kier alpha value is -8.08. The Labute approximate surface area is 441 Å². The van der Waals surface area contributed by atoms with Crippen molar-refractivity contribution in [3.63, 3.8) is 0 Å². The number of carbonyl (C=O) groups is 8. The van der Waals surface area contributed by atoms with E-state index in [0.29, 0.717) is 36.7 Å². The molecule has 4 unspecified atom stereocenters. The van der Waals surface area contributed by atoms with E-state index < -0.39 is 59.5 Å². The normalized spacial score (nSPS) is 19.7. The van der Waals surface area contributed by atoms with Crippen molar-refractivity contribution in [2.24, 2.45) is 17.3 Å². The maximum Gasteiger partial charge on any atom is 0.338 e. The quantitative estimate of drug-likeness (QED) is 0.0424. The van der Waals surface area contributed by atoms with E-state index in [9.17, 15) is 38.4 Å². The lowest BCUT2D eigenvalue weighted by Gasteiger charge is -2.60. The Bertz CT molecular complexity index is 2940. The summed E-state index contributed by atoms with van der Waals surface area (Å²) in [5.74, 6) is -4.46. The van der Waals surface area contributed by atoms with Gasteiger partial charge in [0.15, 0.2) is 0 Å². The molecule has 17 heteroatoms. The third kappa shape index (κ3) is 14.0. The molecule has 0 aromatic heterocycles. The van der Waals surface area contributed by atoms with Crippen LogP contribution in [0.3, 0.4) is 0 Å². The topological polar surface area (TPSA) is 225 Å². The van der Waals surface area contributed by atoms with Gasteiger partial charge in [0.25, 0.3) is 11.8 Å². The summed E-state index contributed by atoms with van der Waals surface area (Å²) in [5.41, 5.74) is 0.710. The molecule has 4 aliphatic carbocycles. The standard InChI is InChI=1S/C59H64N2O15/c1-34(2)52(64)73-37(6)19-21-70-56(68)46-17-15-44(26-48(46)50(62)60-8)75-45-16-18-47(57(69)71-22-20-38(7)74-53(65)35(3)4)49(27-45)51(63)61-43-14-10-13-42(25-43)55(67)76-59-30-39-24-40(31-59)29-58(28-39,32-59)33-72-54(66)41-12-9-11-36(5)23-41/h9-18,23,25-27,37-40H,1,3,19-22,24,28-33H2,2,4-8H3,(H,60,62)(H,61,63). The Morgan fingerprint density at radius 3 is 1.67 bits per heavy atom. The van der Waals surface area contributed by atoms with Gasteiger partial charge in [0.1, 0.15) is 29.3 Å². The number of rotatable bonds is 22. The smallest absolute Gasteiger partial charge is 0.338 e. The van der Waals surface area contributed by atoms with E-state index >= 15 is 0 Å². The van der Waals surface area contributed by atoms with Crippen LogP contribution in [0, 0.1) is 24.2 Å². The van der Waals surface area contributed by atoms with Crippen LogP contribution < -0.4 is 15.4 Å². The number of ether oxygens (including phenoxy) is 7. The lowest BCUT2D eigenvalue weighted by atomic mass is 9.48. The fourth-order valence-electron chi connectivity index (χ4n) is 10.6. The van der Waals surface area contributed by atoms with Crippen LogP contribution in [-0.4, -0.2) is 92.3 Å². The fraction of sp³-hybridized carbons (Fsp3) is 0.390. The first-order valence-corrected chi connectivity index (χ1v) is 25.3. The van der Waals surface area contributed by atoms with E-state index in [1.807, 2.05) is 19.1 Å². The monoisotopic (exact) mass is 1040 g/mol. The van der Waals surface area contributed by atoms with E-state index in [1.54, 1.807) is 44.2 Å². The van der Waals surface area contributed by atoms with Crippen LogP contribution in [0.25, 0.3) is 0 Å². The maximum absolute atomic E-state index is 14.3. The molecule has 4 saturated carbocycles. The van der Waals surface area contributed by atoms with Crippen molar-refractivity contribution < 1.29 is 71.5 Å². The summed E-state index contributed by atoms with van der Waals surface area (Å²) in [6.07, 6.45) is 3.89. The van der Waals surface area contributed by atoms with Crippen LogP contribution in [0.5, 0.6) is 11.5 Å². The molecule has 2 N–H and O–H groups in total. The highest BCUT2D eigenvalue weighted by Gasteiger charge is 2.60. The van der Waals surface area contributed by atoms with E-state index in [4.69, 9.17) is 33.2 Å². The average Bonchev–Trinajstić information content (AvgIpc) is 3.37. The number of hydrogen-bond donors (Lipinski definition) is 2. The van der Waals surface area contributed by atoms with Crippen molar-refractivity contribution in [3.05, 3.63) is 148 Å². The van der Waals surface area contributed by atoms with Crippen LogP contribution in [-0.2, 0) is 38.0 Å². The second kappa shape index (κ2) is 24.1. The molecule has 0 radical (unpaired) electrons. The number of anilines is 1. The predicted octanol–water partition coefficient (Wildman–Crippen LogP) is 9.86. The van der Waals surface area contributed by atoms with Crippen LogP contribution in [0.15, 0.2) is 109 Å². The second-order valence-corrected chi connectivity index (χ2v) is 20.5. The minimum Gasteiger partial charge on any atom is -0.462 e. The van der Waals surface area contributed by atoms with Crippen molar-refractivity contribution in [1.29, 1.82) is 0 Å². The van der Waals surface area contributed by atoms with Gasteiger partial charge in [-0.3, -0.25) is 9.59 Å². The second-order valence-electron chi connectivity index (χ2n) is 20.5. The number of carbonyl (C=O) groups excluding carboxylic acids is 8. The Kier molecular flexibility index (Phi) is 17.6. The van der Waals surface area contributed by atoms with Crippen molar-refractivity contribution in [3.8, 4) is 11.5 Å². The molecule has 4 aromatic rings. The molecule has 0 saturated heterocycles. The maximum atomic E-state index is 14.3. The third-order valence-corrected chi connectivity index (χ3v) is 13.8. The van der Waals surface area contributed by atoms with Gasteiger partial charge in [-0.25, -0.2) is 28.8 Å². The Morgan fingerprint density at radius 1 is 0.618 bits per heavy atom. The molecule has 4 aromatic carbocycles. The van der Waals surface area contributed by atoms with Gasteiger partial charge in [-0.15, -0.1) is 0 Å². The molecule has 0 spiro atoms. The van der Waals surface area contributed by atoms with Gasteiger partial charge in [-0.05, 0) is 152 Å². The number of benzene rings is 4. The number of nitrogens with one attached hydrogen (secondary N) is 2. The van der Waals surface area contributed by atoms with Crippen molar-refractivity contribution in [2.75, 3.05) is 32.2 Å². The molecule has 0 aliphatic heterocycles. The zero-order chi connectivity index (χ0) is 54.9. The number of amides is 2. The summed E-state index contributed by atoms with van der Waals surface area (Å²) in [7, 11) is 1.38. The van der Waals surface area contributed by atoms with Gasteiger partial charge in [0.05, 0.1) is 53.2 Å². The predicted molar refractivity (Wildman–Crippen MR) is 278 cm³/mol. The minimum absolute atomic E-state index is 0.0501. The zero-order valence-corrected chi connectivity index (χ0v) is 43.7. The van der Waals surface area contributed by atoms with Gasteiger partial charge in [-0.2, -0.15) is 0 Å². The summed E-state index contributed by atoms with van der Waals surface area (Å²) >= 11 is 0. The summed E-state index contributed by atoms with van der Waals surface area (Å²) < 4.78 is 40.0. The zero-order valence-electron chi connectivity index (χ0n) is 43.7. The molecular formula is C59H64N2O15. The van der Waals surface area contributed by atoms with Crippen LogP contribution in [0.1, 0.15) is 147 Å². The SMILES string of the molecule is C=C(C)C(=O)OC(C)CCOC(=O)c1ccc(Oc2ccc(C(=O)OCCC(C)OC(=O)C(=C)C)c(C(=O)Nc3cccc(C(=O)OC45CC6CC(CC(COC(=O)c7cccc(C)c7)(C6)C4)C5)c3)c2)cc1C(=O)NC. The first kappa shape index (κ1) is 55.7. The number of aryl methyl sites for hydroxylation is 1. The van der Waals surface area contributed by atoms with Gasteiger partial charge in [0.2, 0.25) is 0 Å². The van der Waals surface area contributed by atoms with Crippen molar-refractivity contribution in [2.45, 2.75) is 104 Å². The molecule has 4 fully saturated rings. The van der Waals surface area contributed by atoms with Crippen molar-refractivity contribution >= 4 is 53.3 Å². The van der Waals surface area contributed by atoms with E-state index in [1.165, 1.54) is 63.4 Å². The molecule has 0 heterocycles. The van der Waals surface area contributed by atoms with E-state index in [2.05, 4.69) is 23.8 Å². The molecule has 76 heavy (non-hydrogen) atoms. The van der Waals surface area contributed by atoms with Crippen LogP contribution >= 0.6 is 0 Å². The average molecular weight is 1040 g/mol. The highest BCUT2D eigenvalue weighted by atomic mass is 16.6. The molecule has 2 amide bonds. The van der Waals surface area contributed by atoms with E-state index in [0.717, 1.165) is 24.8 Å². The Balaban J connectivity index is 1.07. The first-order chi connectivity index (χ1) is 36.1. The summed E-state index contributed by atoms with van der Waals surface area (Å²) in [4.78, 5) is 105. The number of esters is 6. The van der Waals surface area contributed by atoms with Crippen LogP contribution in [0.4, 0.5) is 5.69 Å². The largest absolute Gasteiger partial charge is 0.462 e. The minimum atomic E-state index is -0.876.